The second kappa shape index (κ2) is 10.1. The molecule has 4 heteroatoms. The minimum Gasteiger partial charge on any atom is -0.507 e. The Hall–Kier alpha value is -6.26. The van der Waals surface area contributed by atoms with Crippen molar-refractivity contribution in [3.63, 3.8) is 0 Å². The summed E-state index contributed by atoms with van der Waals surface area (Å²) in [5, 5.41) is 42.5. The summed E-state index contributed by atoms with van der Waals surface area (Å²) in [6, 6.07) is 44.6. The molecule has 0 saturated heterocycles. The summed E-state index contributed by atoms with van der Waals surface area (Å²) in [4.78, 5) is 0. The Bertz CT molecular complexity index is 2660. The Morgan fingerprint density at radius 2 is 1.00 bits per heavy atom. The third-order valence-corrected chi connectivity index (χ3v) is 9.56. The molecule has 0 aliphatic carbocycles. The van der Waals surface area contributed by atoms with Crippen LogP contribution < -0.4 is 0 Å². The molecule has 0 radical (unpaired) electrons. The predicted octanol–water partition coefficient (Wildman–Crippen LogP) is 11.5. The van der Waals surface area contributed by atoms with E-state index in [4.69, 9.17) is 4.42 Å². The van der Waals surface area contributed by atoms with Crippen LogP contribution in [0.25, 0.3) is 87.6 Å². The van der Waals surface area contributed by atoms with E-state index in [1.54, 1.807) is 6.92 Å². The van der Waals surface area contributed by atoms with Crippen molar-refractivity contribution >= 4 is 54.3 Å². The maximum absolute atomic E-state index is 11.7. The molecular weight excluding hydrogens is 580 g/mol. The molecular formula is C43H28O4. The van der Waals surface area contributed by atoms with Gasteiger partial charge in [-0.1, -0.05) is 127 Å². The first-order valence-corrected chi connectivity index (χ1v) is 15.6. The van der Waals surface area contributed by atoms with Crippen LogP contribution in [0.1, 0.15) is 5.56 Å². The first kappa shape index (κ1) is 27.1. The van der Waals surface area contributed by atoms with Crippen LogP contribution in [0.3, 0.4) is 0 Å². The molecule has 9 aromatic rings. The summed E-state index contributed by atoms with van der Waals surface area (Å²) < 4.78 is 6.69. The summed E-state index contributed by atoms with van der Waals surface area (Å²) in [6.07, 6.45) is 0. The molecule has 3 N–H and O–H groups in total. The van der Waals surface area contributed by atoms with Crippen LogP contribution in [0.15, 0.2) is 138 Å². The Kier molecular flexibility index (Phi) is 5.84. The number of aromatic hydroxyl groups is 3. The number of rotatable bonds is 3. The van der Waals surface area contributed by atoms with Gasteiger partial charge in [-0.2, -0.15) is 0 Å². The molecule has 0 saturated carbocycles. The van der Waals surface area contributed by atoms with Crippen molar-refractivity contribution in [3.05, 3.63) is 139 Å². The fourth-order valence-corrected chi connectivity index (χ4v) is 7.41. The molecule has 0 bridgehead atoms. The second-order valence-corrected chi connectivity index (χ2v) is 12.1. The number of furan rings is 1. The maximum Gasteiger partial charge on any atom is 0.166 e. The smallest absolute Gasteiger partial charge is 0.166 e. The van der Waals surface area contributed by atoms with Gasteiger partial charge in [0.05, 0.1) is 0 Å². The van der Waals surface area contributed by atoms with Crippen LogP contribution in [-0.2, 0) is 0 Å². The Morgan fingerprint density at radius 3 is 1.68 bits per heavy atom. The molecule has 0 aliphatic rings. The number of benzene rings is 8. The van der Waals surface area contributed by atoms with Gasteiger partial charge in [-0.25, -0.2) is 0 Å². The largest absolute Gasteiger partial charge is 0.507 e. The Labute approximate surface area is 270 Å². The van der Waals surface area contributed by atoms with Crippen LogP contribution in [0.4, 0.5) is 0 Å². The first-order chi connectivity index (χ1) is 23.0. The van der Waals surface area contributed by atoms with Gasteiger partial charge >= 0.3 is 0 Å². The van der Waals surface area contributed by atoms with Gasteiger partial charge < -0.3 is 19.7 Å². The fraction of sp³-hybridized carbons (Fsp3) is 0.0233. The highest BCUT2D eigenvalue weighted by molar-refractivity contribution is 6.27. The molecule has 8 aromatic carbocycles. The molecule has 0 aliphatic heterocycles. The van der Waals surface area contributed by atoms with Gasteiger partial charge in [-0.15, -0.1) is 0 Å². The molecule has 0 fully saturated rings. The van der Waals surface area contributed by atoms with Crippen LogP contribution >= 0.6 is 0 Å². The molecule has 0 atom stereocenters. The van der Waals surface area contributed by atoms with E-state index in [0.29, 0.717) is 11.1 Å². The van der Waals surface area contributed by atoms with E-state index in [-0.39, 0.29) is 22.8 Å². The SMILES string of the molecule is Cc1c(O)c(O)c(-c2c3ccccc3c(-c3cccc4c3oc3ccc5ccccc5c34)c3ccccc23)c(-c2ccccc2)c1O. The molecule has 47 heavy (non-hydrogen) atoms. The molecule has 9 rings (SSSR count). The number of phenols is 3. The normalized spacial score (nSPS) is 11.8. The quantitative estimate of drug-likeness (QED) is 0.106. The first-order valence-electron chi connectivity index (χ1n) is 15.6. The number of hydrogen-bond acceptors (Lipinski definition) is 4. The molecule has 0 spiro atoms. The molecule has 1 aromatic heterocycles. The van der Waals surface area contributed by atoms with E-state index in [0.717, 1.165) is 76.5 Å². The number of para-hydroxylation sites is 1. The zero-order valence-electron chi connectivity index (χ0n) is 25.5. The standard InChI is InChI=1S/C43H28O4/c1-24-40(44)35(26-13-3-2-4-14-26)39(42(46)41(24)45)38-30-18-9-7-16-28(30)36(29-17-8-10-19-31(29)38)32-20-11-21-33-37-27-15-6-5-12-25(27)22-23-34(37)47-43(32)33/h2-23,44-46H,1H3. The second-order valence-electron chi connectivity index (χ2n) is 12.1. The topological polar surface area (TPSA) is 73.8 Å². The van der Waals surface area contributed by atoms with Crippen molar-refractivity contribution in [2.45, 2.75) is 6.92 Å². The van der Waals surface area contributed by atoms with Gasteiger partial charge in [0, 0.05) is 44.2 Å². The lowest BCUT2D eigenvalue weighted by molar-refractivity contribution is 0.394. The van der Waals surface area contributed by atoms with Crippen molar-refractivity contribution < 1.29 is 19.7 Å². The van der Waals surface area contributed by atoms with E-state index in [1.165, 1.54) is 0 Å². The zero-order valence-corrected chi connectivity index (χ0v) is 25.5. The average Bonchev–Trinajstić information content (AvgIpc) is 3.51. The van der Waals surface area contributed by atoms with Crippen LogP contribution in [0.5, 0.6) is 17.2 Å². The highest BCUT2D eigenvalue weighted by atomic mass is 16.3. The predicted molar refractivity (Wildman–Crippen MR) is 192 cm³/mol. The summed E-state index contributed by atoms with van der Waals surface area (Å²) in [6.45, 7) is 1.61. The van der Waals surface area contributed by atoms with Gasteiger partial charge in [0.1, 0.15) is 16.9 Å². The third kappa shape index (κ3) is 3.82. The van der Waals surface area contributed by atoms with Crippen LogP contribution in [0.2, 0.25) is 0 Å². The van der Waals surface area contributed by atoms with E-state index >= 15 is 0 Å². The van der Waals surface area contributed by atoms with Crippen LogP contribution in [0, 0.1) is 6.92 Å². The monoisotopic (exact) mass is 608 g/mol. The van der Waals surface area contributed by atoms with E-state index < -0.39 is 0 Å². The van der Waals surface area contributed by atoms with E-state index in [2.05, 4.69) is 60.7 Å². The van der Waals surface area contributed by atoms with Crippen molar-refractivity contribution in [1.29, 1.82) is 0 Å². The Balaban J connectivity index is 1.45. The summed E-state index contributed by atoms with van der Waals surface area (Å²) in [5.74, 6) is -0.680. The summed E-state index contributed by atoms with van der Waals surface area (Å²) in [5.41, 5.74) is 6.13. The highest BCUT2D eigenvalue weighted by Gasteiger charge is 2.28. The van der Waals surface area contributed by atoms with Gasteiger partial charge in [-0.05, 0) is 50.9 Å². The maximum atomic E-state index is 11.7. The number of phenolic OH excluding ortho intramolecular Hbond substituents is 3. The third-order valence-electron chi connectivity index (χ3n) is 9.56. The molecule has 224 valence electrons. The molecule has 4 nitrogen and oxygen atoms in total. The van der Waals surface area contributed by atoms with Gasteiger partial charge in [0.2, 0.25) is 0 Å². The molecule has 0 unspecified atom stereocenters. The summed E-state index contributed by atoms with van der Waals surface area (Å²) >= 11 is 0. The van der Waals surface area contributed by atoms with E-state index in [9.17, 15) is 15.3 Å². The van der Waals surface area contributed by atoms with Crippen LogP contribution in [-0.4, -0.2) is 15.3 Å². The lowest BCUT2D eigenvalue weighted by Crippen LogP contribution is -1.95. The van der Waals surface area contributed by atoms with Crippen molar-refractivity contribution in [1.82, 2.24) is 0 Å². The highest BCUT2D eigenvalue weighted by Crippen LogP contribution is 2.55. The zero-order chi connectivity index (χ0) is 31.8. The number of fused-ring (bicyclic) bond motifs is 7. The lowest BCUT2D eigenvalue weighted by atomic mass is 9.82. The minimum absolute atomic E-state index is 0.0713. The minimum atomic E-state index is -0.339. The average molecular weight is 609 g/mol. The van der Waals surface area contributed by atoms with Crippen molar-refractivity contribution in [2.75, 3.05) is 0 Å². The van der Waals surface area contributed by atoms with Gasteiger partial charge in [-0.3, -0.25) is 0 Å². The van der Waals surface area contributed by atoms with Crippen molar-refractivity contribution in [3.8, 4) is 50.6 Å². The number of hydrogen-bond donors (Lipinski definition) is 3. The van der Waals surface area contributed by atoms with Gasteiger partial charge in [0.25, 0.3) is 0 Å². The Morgan fingerprint density at radius 1 is 0.426 bits per heavy atom. The molecule has 0 amide bonds. The fourth-order valence-electron chi connectivity index (χ4n) is 7.41. The molecule has 1 heterocycles. The van der Waals surface area contributed by atoms with Crippen molar-refractivity contribution in [2.24, 2.45) is 0 Å². The summed E-state index contributed by atoms with van der Waals surface area (Å²) in [7, 11) is 0. The lowest BCUT2D eigenvalue weighted by Gasteiger charge is -2.22. The van der Waals surface area contributed by atoms with Gasteiger partial charge in [0.15, 0.2) is 11.5 Å². The van der Waals surface area contributed by atoms with E-state index in [1.807, 2.05) is 72.8 Å².